The van der Waals surface area contributed by atoms with Gasteiger partial charge in [-0.3, -0.25) is 14.9 Å². The Bertz CT molecular complexity index is 1030. The van der Waals surface area contributed by atoms with Crippen LogP contribution in [0, 0.1) is 0 Å². The van der Waals surface area contributed by atoms with Crippen LogP contribution < -0.4 is 22.1 Å². The van der Waals surface area contributed by atoms with E-state index in [2.05, 4.69) is 5.32 Å². The molecule has 4 amide bonds. The van der Waals surface area contributed by atoms with Gasteiger partial charge in [0.25, 0.3) is 5.91 Å². The smallest absolute Gasteiger partial charge is 0.414 e. The van der Waals surface area contributed by atoms with E-state index in [1.165, 1.54) is 0 Å². The van der Waals surface area contributed by atoms with Crippen molar-refractivity contribution < 1.29 is 33.8 Å². The lowest BCUT2D eigenvalue weighted by atomic mass is 10.1. The molecule has 39 heavy (non-hydrogen) atoms. The number of imide groups is 1. The first-order chi connectivity index (χ1) is 18.3. The molecule has 214 valence electrons. The molecule has 0 saturated heterocycles. The summed E-state index contributed by atoms with van der Waals surface area (Å²) in [5.41, 5.74) is 13.0. The summed E-state index contributed by atoms with van der Waals surface area (Å²) in [4.78, 5) is 51.1. The number of aliphatic hydroxyl groups excluding tert-OH is 1. The molecule has 0 spiro atoms. The van der Waals surface area contributed by atoms with Crippen molar-refractivity contribution >= 4 is 36.4 Å². The van der Waals surface area contributed by atoms with Gasteiger partial charge in [0.15, 0.2) is 0 Å². The molecule has 2 atom stereocenters. The van der Waals surface area contributed by atoms with E-state index in [-0.39, 0.29) is 45.1 Å². The number of carbonyl (C=O) groups excluding carboxylic acids is 4. The van der Waals surface area contributed by atoms with Crippen LogP contribution in [0.4, 0.5) is 9.59 Å². The van der Waals surface area contributed by atoms with Crippen LogP contribution in [0.1, 0.15) is 24.0 Å². The van der Waals surface area contributed by atoms with Crippen molar-refractivity contribution in [2.45, 2.75) is 38.1 Å². The van der Waals surface area contributed by atoms with Crippen molar-refractivity contribution in [1.29, 1.82) is 0 Å². The molecule has 0 aromatic heterocycles. The van der Waals surface area contributed by atoms with Gasteiger partial charge in [-0.05, 0) is 30.5 Å². The van der Waals surface area contributed by atoms with Crippen LogP contribution in [0.5, 0.6) is 0 Å². The minimum atomic E-state index is -1.46. The highest BCUT2D eigenvalue weighted by atomic mass is 35.5. The zero-order chi connectivity index (χ0) is 27.8. The fourth-order valence-electron chi connectivity index (χ4n) is 3.41. The molecule has 0 aliphatic carbocycles. The number of amides is 4. The molecule has 0 heterocycles. The quantitative estimate of drug-likeness (QED) is 0.223. The predicted octanol–water partition coefficient (Wildman–Crippen LogP) is 1.04. The molecule has 0 unspecified atom stereocenters. The van der Waals surface area contributed by atoms with Crippen molar-refractivity contribution in [2.24, 2.45) is 11.5 Å². The Labute approximate surface area is 233 Å². The number of alkyl carbamates (subject to hydrolysis) is 2. The van der Waals surface area contributed by atoms with E-state index in [0.29, 0.717) is 18.5 Å². The topological polar surface area (TPSA) is 186 Å². The Morgan fingerprint density at radius 2 is 1.44 bits per heavy atom. The Morgan fingerprint density at radius 1 is 0.897 bits per heavy atom. The van der Waals surface area contributed by atoms with Gasteiger partial charge < -0.3 is 36.3 Å². The van der Waals surface area contributed by atoms with Crippen molar-refractivity contribution in [3.8, 4) is 0 Å². The number of nitrogens with two attached hydrogens (primary N) is 2. The highest BCUT2D eigenvalue weighted by Gasteiger charge is 2.33. The number of aliphatic hydroxyl groups is 1. The summed E-state index contributed by atoms with van der Waals surface area (Å²) >= 11 is 0. The lowest BCUT2D eigenvalue weighted by Gasteiger charge is -2.31. The van der Waals surface area contributed by atoms with Gasteiger partial charge in [-0.15, -0.1) is 12.4 Å². The van der Waals surface area contributed by atoms with Crippen LogP contribution in [-0.2, 0) is 32.3 Å². The zero-order valence-electron chi connectivity index (χ0n) is 21.5. The van der Waals surface area contributed by atoms with Gasteiger partial charge in [0.2, 0.25) is 5.91 Å². The van der Waals surface area contributed by atoms with E-state index in [4.69, 9.17) is 20.9 Å². The number of hydrogen-bond donors (Lipinski definition) is 5. The predicted molar refractivity (Wildman–Crippen MR) is 145 cm³/mol. The summed E-state index contributed by atoms with van der Waals surface area (Å²) in [6.45, 7) is -0.811. The highest BCUT2D eigenvalue weighted by molar-refractivity contribution is 5.97. The van der Waals surface area contributed by atoms with E-state index in [9.17, 15) is 24.3 Å². The molecule has 12 nitrogen and oxygen atoms in total. The molecule has 0 radical (unpaired) electrons. The lowest BCUT2D eigenvalue weighted by molar-refractivity contribution is -0.142. The number of hydrogen-bond acceptors (Lipinski definition) is 9. The van der Waals surface area contributed by atoms with E-state index in [0.717, 1.165) is 10.5 Å². The summed E-state index contributed by atoms with van der Waals surface area (Å²) < 4.78 is 10.2. The normalized spacial score (nSPS) is 11.8. The van der Waals surface area contributed by atoms with Crippen molar-refractivity contribution in [3.05, 3.63) is 71.8 Å². The van der Waals surface area contributed by atoms with Gasteiger partial charge in [-0.25, -0.2) is 9.59 Å². The number of carbonyl (C=O) groups is 4. The molecule has 13 heteroatoms. The maximum Gasteiger partial charge on any atom is 0.414 e. The van der Waals surface area contributed by atoms with Crippen LogP contribution in [0.15, 0.2) is 60.7 Å². The molecule has 2 aromatic rings. The van der Waals surface area contributed by atoms with E-state index < -0.39 is 42.7 Å². The molecular weight excluding hydrogens is 530 g/mol. The van der Waals surface area contributed by atoms with Crippen molar-refractivity contribution in [1.82, 2.24) is 15.5 Å². The third-order valence-electron chi connectivity index (χ3n) is 5.44. The summed E-state index contributed by atoms with van der Waals surface area (Å²) in [5.74, 6) is -1.61. The van der Waals surface area contributed by atoms with Crippen LogP contribution in [0.2, 0.25) is 0 Å². The van der Waals surface area contributed by atoms with E-state index in [1.54, 1.807) is 42.5 Å². The van der Waals surface area contributed by atoms with Gasteiger partial charge in [0.05, 0.1) is 12.6 Å². The molecule has 7 N–H and O–H groups in total. The summed E-state index contributed by atoms with van der Waals surface area (Å²) in [6.07, 6.45) is -1.06. The summed E-state index contributed by atoms with van der Waals surface area (Å²) in [7, 11) is 0. The number of rotatable bonds is 14. The SMILES string of the molecule is Cl.NCCC[C@H](N)C(=O)N(CCNC(=O)OCc1ccccc1)[C@@H](CO)C(=O)NC(=O)OCc1ccccc1. The zero-order valence-corrected chi connectivity index (χ0v) is 22.3. The molecule has 0 fully saturated rings. The first-order valence-electron chi connectivity index (χ1n) is 12.2. The fraction of sp³-hybridized carbons (Fsp3) is 0.385. The lowest BCUT2D eigenvalue weighted by Crippen LogP contribution is -2.58. The first kappa shape index (κ1) is 33.3. The minimum Gasteiger partial charge on any atom is -0.445 e. The Hall–Kier alpha value is -3.71. The second-order valence-corrected chi connectivity index (χ2v) is 8.31. The number of ether oxygens (including phenoxy) is 2. The Morgan fingerprint density at radius 3 is 1.95 bits per heavy atom. The van der Waals surface area contributed by atoms with Crippen LogP contribution in [0.3, 0.4) is 0 Å². The summed E-state index contributed by atoms with van der Waals surface area (Å²) in [5, 5.41) is 14.5. The van der Waals surface area contributed by atoms with Gasteiger partial charge in [-0.1, -0.05) is 60.7 Å². The third-order valence-corrected chi connectivity index (χ3v) is 5.44. The molecule has 2 aromatic carbocycles. The molecule has 0 saturated carbocycles. The minimum absolute atomic E-state index is 0. The maximum atomic E-state index is 13.0. The number of halogens is 1. The fourth-order valence-corrected chi connectivity index (χ4v) is 3.41. The average molecular weight is 566 g/mol. The van der Waals surface area contributed by atoms with Gasteiger partial charge in [-0.2, -0.15) is 0 Å². The standard InChI is InChI=1S/C26H35N5O7.ClH/c27-13-7-12-21(28)24(34)31(15-14-29-25(35)37-17-19-8-3-1-4-9-19)22(16-32)23(33)30-26(36)38-18-20-10-5-2-6-11-20;/h1-6,8-11,21-22,32H,7,12-18,27-28H2,(H,29,35)(H,30,33,36);1H/t21-,22-;/m0./s1. The average Bonchev–Trinajstić information content (AvgIpc) is 2.94. The summed E-state index contributed by atoms with van der Waals surface area (Å²) in [6, 6.07) is 15.4. The van der Waals surface area contributed by atoms with Gasteiger partial charge in [0.1, 0.15) is 19.3 Å². The first-order valence-corrected chi connectivity index (χ1v) is 12.2. The van der Waals surface area contributed by atoms with Crippen molar-refractivity contribution in [2.75, 3.05) is 26.2 Å². The monoisotopic (exact) mass is 565 g/mol. The molecular formula is C26H36ClN5O7. The second kappa shape index (κ2) is 18.5. The largest absolute Gasteiger partial charge is 0.445 e. The Kier molecular flexibility index (Phi) is 15.8. The molecule has 0 aliphatic heterocycles. The molecule has 0 aliphatic rings. The van der Waals surface area contributed by atoms with E-state index >= 15 is 0 Å². The molecule has 0 bridgehead atoms. The number of nitrogens with one attached hydrogen (secondary N) is 2. The number of benzene rings is 2. The van der Waals surface area contributed by atoms with Gasteiger partial charge >= 0.3 is 12.2 Å². The van der Waals surface area contributed by atoms with Crippen LogP contribution in [-0.4, -0.2) is 72.3 Å². The van der Waals surface area contributed by atoms with Gasteiger partial charge in [0, 0.05) is 13.1 Å². The van der Waals surface area contributed by atoms with Crippen LogP contribution >= 0.6 is 12.4 Å². The highest BCUT2D eigenvalue weighted by Crippen LogP contribution is 2.07. The number of nitrogens with zero attached hydrogens (tertiary/aromatic N) is 1. The van der Waals surface area contributed by atoms with Crippen molar-refractivity contribution in [3.63, 3.8) is 0 Å². The maximum absolute atomic E-state index is 13.0. The van der Waals surface area contributed by atoms with Crippen LogP contribution in [0.25, 0.3) is 0 Å². The second-order valence-electron chi connectivity index (χ2n) is 8.31. The third kappa shape index (κ3) is 12.1. The molecule has 2 rings (SSSR count). The van der Waals surface area contributed by atoms with E-state index in [1.807, 2.05) is 23.5 Å². The Balaban J connectivity index is 0.00000760.